The Morgan fingerprint density at radius 3 is 2.28 bits per heavy atom. The number of hydrogen-bond donors (Lipinski definition) is 1. The van der Waals surface area contributed by atoms with Crippen molar-refractivity contribution in [1.29, 1.82) is 0 Å². The normalized spacial score (nSPS) is 54.8. The largest absolute Gasteiger partial charge is 0.393 e. The summed E-state index contributed by atoms with van der Waals surface area (Å²) in [4.78, 5) is 0. The fourth-order valence-corrected chi connectivity index (χ4v) is 5.75. The van der Waals surface area contributed by atoms with Gasteiger partial charge in [-0.05, 0) is 73.0 Å². The van der Waals surface area contributed by atoms with E-state index in [4.69, 9.17) is 0 Å². The Morgan fingerprint density at radius 1 is 1.00 bits per heavy atom. The lowest BCUT2D eigenvalue weighted by atomic mass is 9.60. The van der Waals surface area contributed by atoms with E-state index in [9.17, 15) is 5.11 Å². The predicted molar refractivity (Wildman–Crippen MR) is 75.2 cm³/mol. The van der Waals surface area contributed by atoms with Crippen LogP contribution >= 0.6 is 0 Å². The fourth-order valence-electron chi connectivity index (χ4n) is 5.75. The summed E-state index contributed by atoms with van der Waals surface area (Å²) in [6.07, 6.45) is 7.74. The third-order valence-corrected chi connectivity index (χ3v) is 7.50. The summed E-state index contributed by atoms with van der Waals surface area (Å²) in [6.45, 7) is 9.88. The van der Waals surface area contributed by atoms with Crippen LogP contribution in [0.1, 0.15) is 66.2 Å². The molecule has 0 spiro atoms. The van der Waals surface area contributed by atoms with Gasteiger partial charge in [0.15, 0.2) is 0 Å². The van der Waals surface area contributed by atoms with Gasteiger partial charge in [0, 0.05) is 0 Å². The second-order valence-corrected chi connectivity index (χ2v) is 8.37. The molecule has 0 radical (unpaired) electrons. The van der Waals surface area contributed by atoms with Crippen molar-refractivity contribution in [1.82, 2.24) is 0 Å². The van der Waals surface area contributed by atoms with Crippen LogP contribution in [-0.2, 0) is 0 Å². The molecule has 3 aliphatic carbocycles. The van der Waals surface area contributed by atoms with Gasteiger partial charge in [0.05, 0.1) is 6.10 Å². The Morgan fingerprint density at radius 2 is 1.72 bits per heavy atom. The summed E-state index contributed by atoms with van der Waals surface area (Å²) in [7, 11) is 0. The molecule has 0 aromatic heterocycles. The van der Waals surface area contributed by atoms with Gasteiger partial charge >= 0.3 is 0 Å². The van der Waals surface area contributed by atoms with Crippen molar-refractivity contribution in [3.63, 3.8) is 0 Å². The first-order chi connectivity index (χ1) is 8.36. The lowest BCUT2D eigenvalue weighted by molar-refractivity contribution is -0.0321. The van der Waals surface area contributed by atoms with E-state index >= 15 is 0 Å². The Balaban J connectivity index is 1.86. The molecule has 2 bridgehead atoms. The van der Waals surface area contributed by atoms with Crippen LogP contribution in [0, 0.1) is 34.5 Å². The molecule has 0 aromatic carbocycles. The molecule has 18 heavy (non-hydrogen) atoms. The lowest BCUT2D eigenvalue weighted by Gasteiger charge is -2.46. The number of fused-ring (bicyclic) bond motifs is 2. The molecular weight excluding hydrogens is 220 g/mol. The molecule has 1 nitrogen and oxygen atoms in total. The Bertz CT molecular complexity index is 335. The molecule has 3 saturated carbocycles. The first kappa shape index (κ1) is 13.0. The van der Waals surface area contributed by atoms with E-state index in [0.717, 1.165) is 24.2 Å². The van der Waals surface area contributed by atoms with Crippen molar-refractivity contribution >= 4 is 0 Å². The molecule has 3 rings (SSSR count). The zero-order valence-corrected chi connectivity index (χ0v) is 12.6. The number of aliphatic hydroxyl groups excluding tert-OH is 1. The summed E-state index contributed by atoms with van der Waals surface area (Å²) in [5.74, 6) is 3.11. The molecule has 0 amide bonds. The van der Waals surface area contributed by atoms with Crippen LogP contribution in [-0.4, -0.2) is 11.2 Å². The van der Waals surface area contributed by atoms with E-state index in [1.807, 2.05) is 0 Å². The zero-order chi connectivity index (χ0) is 13.1. The lowest BCUT2D eigenvalue weighted by Crippen LogP contribution is -2.42. The monoisotopic (exact) mass is 250 g/mol. The van der Waals surface area contributed by atoms with Gasteiger partial charge in [0.1, 0.15) is 0 Å². The summed E-state index contributed by atoms with van der Waals surface area (Å²) in [5, 5.41) is 10.5. The van der Waals surface area contributed by atoms with Gasteiger partial charge in [-0.2, -0.15) is 0 Å². The van der Waals surface area contributed by atoms with Crippen LogP contribution in [0.2, 0.25) is 0 Å². The highest BCUT2D eigenvalue weighted by Gasteiger charge is 2.63. The molecule has 0 aliphatic heterocycles. The summed E-state index contributed by atoms with van der Waals surface area (Å²) in [5.41, 5.74) is 0.985. The quantitative estimate of drug-likeness (QED) is 0.738. The minimum absolute atomic E-state index is 0.0156. The van der Waals surface area contributed by atoms with Crippen LogP contribution in [0.5, 0.6) is 0 Å². The Kier molecular flexibility index (Phi) is 2.86. The third kappa shape index (κ3) is 1.55. The van der Waals surface area contributed by atoms with Gasteiger partial charge in [-0.1, -0.05) is 27.7 Å². The zero-order valence-electron chi connectivity index (χ0n) is 12.6. The highest BCUT2D eigenvalue weighted by molar-refractivity contribution is 5.12. The average Bonchev–Trinajstić information content (AvgIpc) is 2.64. The SMILES string of the molecule is CC1CCC(O)C([C@@H]2C[C@H]3CC[C@]2(C)C3(C)C)C1. The Labute approximate surface area is 112 Å². The van der Waals surface area contributed by atoms with Crippen LogP contribution in [0.25, 0.3) is 0 Å². The van der Waals surface area contributed by atoms with Gasteiger partial charge in [-0.3, -0.25) is 0 Å². The third-order valence-electron chi connectivity index (χ3n) is 7.50. The minimum atomic E-state index is -0.0156. The standard InChI is InChI=1S/C17H30O/c1-11-5-6-15(18)13(9-11)14-10-12-7-8-17(14,4)16(12,2)3/h11-15,18H,5-10H2,1-4H3/t11?,12-,13?,14+,15?,17+/m1/s1. The summed E-state index contributed by atoms with van der Waals surface area (Å²) in [6, 6.07) is 0. The molecule has 104 valence electrons. The van der Waals surface area contributed by atoms with E-state index in [1.54, 1.807) is 0 Å². The van der Waals surface area contributed by atoms with E-state index in [2.05, 4.69) is 27.7 Å². The topological polar surface area (TPSA) is 20.2 Å². The molecule has 3 fully saturated rings. The number of hydrogen-bond acceptors (Lipinski definition) is 1. The van der Waals surface area contributed by atoms with Crippen molar-refractivity contribution in [3.05, 3.63) is 0 Å². The number of rotatable bonds is 1. The molecule has 3 aliphatic rings. The minimum Gasteiger partial charge on any atom is -0.393 e. The van der Waals surface area contributed by atoms with Crippen molar-refractivity contribution in [2.24, 2.45) is 34.5 Å². The first-order valence-electron chi connectivity index (χ1n) is 8.04. The van der Waals surface area contributed by atoms with Crippen LogP contribution in [0.4, 0.5) is 0 Å². The number of aliphatic hydroxyl groups is 1. The van der Waals surface area contributed by atoms with E-state index in [1.165, 1.54) is 32.1 Å². The smallest absolute Gasteiger partial charge is 0.0571 e. The van der Waals surface area contributed by atoms with Gasteiger partial charge in [-0.15, -0.1) is 0 Å². The van der Waals surface area contributed by atoms with Crippen molar-refractivity contribution in [2.75, 3.05) is 0 Å². The van der Waals surface area contributed by atoms with Crippen LogP contribution in [0.15, 0.2) is 0 Å². The highest BCUT2D eigenvalue weighted by Crippen LogP contribution is 2.70. The van der Waals surface area contributed by atoms with Crippen molar-refractivity contribution in [2.45, 2.75) is 72.3 Å². The van der Waals surface area contributed by atoms with Crippen molar-refractivity contribution in [3.8, 4) is 0 Å². The molecule has 6 atom stereocenters. The van der Waals surface area contributed by atoms with Gasteiger partial charge in [0.25, 0.3) is 0 Å². The van der Waals surface area contributed by atoms with Gasteiger partial charge in [-0.25, -0.2) is 0 Å². The molecule has 3 unspecified atom stereocenters. The van der Waals surface area contributed by atoms with Gasteiger partial charge in [0.2, 0.25) is 0 Å². The molecule has 1 N–H and O–H groups in total. The molecule has 0 heterocycles. The fraction of sp³-hybridized carbons (Fsp3) is 1.00. The second kappa shape index (κ2) is 3.98. The molecule has 0 aromatic rings. The molecule has 0 saturated heterocycles. The van der Waals surface area contributed by atoms with Crippen molar-refractivity contribution < 1.29 is 5.11 Å². The predicted octanol–water partition coefficient (Wildman–Crippen LogP) is 4.25. The summed E-state index contributed by atoms with van der Waals surface area (Å²) < 4.78 is 0. The van der Waals surface area contributed by atoms with Gasteiger partial charge < -0.3 is 5.11 Å². The second-order valence-electron chi connectivity index (χ2n) is 8.37. The highest BCUT2D eigenvalue weighted by atomic mass is 16.3. The van der Waals surface area contributed by atoms with E-state index < -0.39 is 0 Å². The first-order valence-corrected chi connectivity index (χ1v) is 8.04. The Hall–Kier alpha value is -0.0400. The maximum Gasteiger partial charge on any atom is 0.0571 e. The van der Waals surface area contributed by atoms with E-state index in [0.29, 0.717) is 16.7 Å². The maximum atomic E-state index is 10.5. The van der Waals surface area contributed by atoms with E-state index in [-0.39, 0.29) is 6.10 Å². The molecular formula is C17H30O. The van der Waals surface area contributed by atoms with Crippen LogP contribution in [0.3, 0.4) is 0 Å². The summed E-state index contributed by atoms with van der Waals surface area (Å²) >= 11 is 0. The average molecular weight is 250 g/mol. The molecule has 1 heteroatoms. The maximum absolute atomic E-state index is 10.5. The van der Waals surface area contributed by atoms with Crippen LogP contribution < -0.4 is 0 Å².